The zero-order valence-electron chi connectivity index (χ0n) is 10.1. The average molecular weight is 256 g/mol. The van der Waals surface area contributed by atoms with Gasteiger partial charge in [-0.1, -0.05) is 0 Å². The van der Waals surface area contributed by atoms with E-state index < -0.39 is 0 Å². The van der Waals surface area contributed by atoms with Crippen LogP contribution in [0.1, 0.15) is 40.9 Å². The zero-order valence-corrected chi connectivity index (χ0v) is 11.7. The Labute approximate surface area is 106 Å². The predicted octanol–water partition coefficient (Wildman–Crippen LogP) is 3.04. The fourth-order valence-electron chi connectivity index (χ4n) is 2.18. The van der Waals surface area contributed by atoms with Crippen LogP contribution in [0.25, 0.3) is 0 Å². The van der Waals surface area contributed by atoms with Gasteiger partial charge in [0, 0.05) is 4.88 Å². The molecule has 0 aliphatic heterocycles. The molecule has 1 aliphatic rings. The van der Waals surface area contributed by atoms with Gasteiger partial charge in [-0.15, -0.1) is 11.3 Å². The highest BCUT2D eigenvalue weighted by molar-refractivity contribution is 7.98. The van der Waals surface area contributed by atoms with E-state index in [0.29, 0.717) is 6.04 Å². The van der Waals surface area contributed by atoms with Crippen LogP contribution in [-0.2, 0) is 12.8 Å². The largest absolute Gasteiger partial charge is 0.311 e. The maximum absolute atomic E-state index is 4.79. The van der Waals surface area contributed by atoms with E-state index in [2.05, 4.69) is 18.6 Å². The molecule has 1 aromatic heterocycles. The quantitative estimate of drug-likeness (QED) is 0.792. The summed E-state index contributed by atoms with van der Waals surface area (Å²) in [4.78, 5) is 6.33. The molecular formula is C12H20N2S2. The molecule has 0 saturated carbocycles. The molecule has 0 amide bonds. The van der Waals surface area contributed by atoms with Crippen LogP contribution in [0.3, 0.4) is 0 Å². The van der Waals surface area contributed by atoms with Crippen molar-refractivity contribution in [2.24, 2.45) is 0 Å². The van der Waals surface area contributed by atoms with E-state index in [1.807, 2.05) is 23.1 Å². The van der Waals surface area contributed by atoms with E-state index in [1.54, 1.807) is 4.88 Å². The lowest BCUT2D eigenvalue weighted by Gasteiger charge is -2.12. The lowest BCUT2D eigenvalue weighted by Crippen LogP contribution is -2.16. The molecule has 1 N–H and O–H groups in total. The number of nitrogens with one attached hydrogen (secondary N) is 1. The van der Waals surface area contributed by atoms with E-state index in [4.69, 9.17) is 4.98 Å². The van der Waals surface area contributed by atoms with Crippen LogP contribution in [0, 0.1) is 0 Å². The minimum atomic E-state index is 0.475. The highest BCUT2D eigenvalue weighted by Gasteiger charge is 2.20. The summed E-state index contributed by atoms with van der Waals surface area (Å²) in [5.41, 5.74) is 1.38. The van der Waals surface area contributed by atoms with Crippen molar-refractivity contribution in [2.45, 2.75) is 38.1 Å². The summed E-state index contributed by atoms with van der Waals surface area (Å²) in [7, 11) is 2.05. The van der Waals surface area contributed by atoms with Crippen molar-refractivity contribution in [1.82, 2.24) is 10.3 Å². The van der Waals surface area contributed by atoms with Crippen molar-refractivity contribution < 1.29 is 0 Å². The third-order valence-corrected chi connectivity index (χ3v) is 5.07. The van der Waals surface area contributed by atoms with Crippen LogP contribution in [0.15, 0.2) is 0 Å². The van der Waals surface area contributed by atoms with Crippen LogP contribution in [0.2, 0.25) is 0 Å². The summed E-state index contributed by atoms with van der Waals surface area (Å²) in [6.07, 6.45) is 8.43. The molecule has 16 heavy (non-hydrogen) atoms. The van der Waals surface area contributed by atoms with Crippen molar-refractivity contribution in [2.75, 3.05) is 19.1 Å². The van der Waals surface area contributed by atoms with Gasteiger partial charge in [-0.25, -0.2) is 4.98 Å². The number of aromatic nitrogens is 1. The first-order valence-electron chi connectivity index (χ1n) is 6.00. The van der Waals surface area contributed by atoms with Crippen LogP contribution in [-0.4, -0.2) is 24.0 Å². The minimum absolute atomic E-state index is 0.475. The molecule has 1 unspecified atom stereocenters. The maximum atomic E-state index is 4.79. The Morgan fingerprint density at radius 2 is 2.38 bits per heavy atom. The van der Waals surface area contributed by atoms with E-state index in [-0.39, 0.29) is 0 Å². The van der Waals surface area contributed by atoms with Gasteiger partial charge in [0.15, 0.2) is 0 Å². The summed E-state index contributed by atoms with van der Waals surface area (Å²) in [5, 5.41) is 4.72. The van der Waals surface area contributed by atoms with E-state index in [1.165, 1.54) is 48.6 Å². The topological polar surface area (TPSA) is 24.9 Å². The van der Waals surface area contributed by atoms with E-state index >= 15 is 0 Å². The predicted molar refractivity (Wildman–Crippen MR) is 73.6 cm³/mol. The molecular weight excluding hydrogens is 236 g/mol. The fraction of sp³-hybridized carbons (Fsp3) is 0.750. The lowest BCUT2D eigenvalue weighted by atomic mass is 10.2. The molecule has 0 radical (unpaired) electrons. The third kappa shape index (κ3) is 2.79. The smallest absolute Gasteiger partial charge is 0.110 e. The van der Waals surface area contributed by atoms with Crippen molar-refractivity contribution in [3.63, 3.8) is 0 Å². The molecule has 0 saturated heterocycles. The molecule has 0 bridgehead atoms. The van der Waals surface area contributed by atoms with E-state index in [0.717, 1.165) is 0 Å². The normalized spacial score (nSPS) is 16.4. The van der Waals surface area contributed by atoms with Gasteiger partial charge in [0.2, 0.25) is 0 Å². The van der Waals surface area contributed by atoms with Crippen LogP contribution in [0.5, 0.6) is 0 Å². The Hall–Kier alpha value is -0.0600. The van der Waals surface area contributed by atoms with Crippen molar-refractivity contribution in [1.29, 1.82) is 0 Å². The van der Waals surface area contributed by atoms with Crippen molar-refractivity contribution >= 4 is 23.1 Å². The first-order chi connectivity index (χ1) is 7.85. The summed E-state index contributed by atoms with van der Waals surface area (Å²) in [5.74, 6) is 1.25. The number of thiazole rings is 1. The molecule has 0 aromatic carbocycles. The van der Waals surface area contributed by atoms with Gasteiger partial charge in [0.05, 0.1) is 11.7 Å². The Balaban J connectivity index is 1.97. The second-order valence-electron chi connectivity index (χ2n) is 4.25. The summed E-state index contributed by atoms with van der Waals surface area (Å²) >= 11 is 3.86. The van der Waals surface area contributed by atoms with Gasteiger partial charge in [-0.2, -0.15) is 11.8 Å². The Bertz CT molecular complexity index is 314. The number of nitrogens with zero attached hydrogens (tertiary/aromatic N) is 1. The van der Waals surface area contributed by atoms with Gasteiger partial charge in [0.1, 0.15) is 5.01 Å². The summed E-state index contributed by atoms with van der Waals surface area (Å²) < 4.78 is 0. The fourth-order valence-corrected chi connectivity index (χ4v) is 3.94. The summed E-state index contributed by atoms with van der Waals surface area (Å²) in [6, 6.07) is 0.475. The number of hydrogen-bond donors (Lipinski definition) is 1. The second kappa shape index (κ2) is 6.03. The zero-order chi connectivity index (χ0) is 11.4. The van der Waals surface area contributed by atoms with Crippen LogP contribution >= 0.6 is 23.1 Å². The van der Waals surface area contributed by atoms with Crippen LogP contribution in [0.4, 0.5) is 0 Å². The third-order valence-electron chi connectivity index (χ3n) is 3.10. The number of thioether (sulfide) groups is 1. The Morgan fingerprint density at radius 1 is 1.50 bits per heavy atom. The molecule has 2 rings (SSSR count). The lowest BCUT2D eigenvalue weighted by molar-refractivity contribution is 0.540. The minimum Gasteiger partial charge on any atom is -0.311 e. The molecule has 1 atom stereocenters. The van der Waals surface area contributed by atoms with E-state index in [9.17, 15) is 0 Å². The first-order valence-corrected chi connectivity index (χ1v) is 8.21. The van der Waals surface area contributed by atoms with Gasteiger partial charge >= 0.3 is 0 Å². The highest BCUT2D eigenvalue weighted by Crippen LogP contribution is 2.32. The van der Waals surface area contributed by atoms with Gasteiger partial charge in [-0.3, -0.25) is 0 Å². The Morgan fingerprint density at radius 3 is 3.06 bits per heavy atom. The van der Waals surface area contributed by atoms with Gasteiger partial charge in [-0.05, 0) is 51.2 Å². The number of rotatable bonds is 6. The molecule has 90 valence electrons. The molecule has 2 nitrogen and oxygen atoms in total. The molecule has 1 aromatic rings. The number of aryl methyl sites for hydroxylation is 2. The standard InChI is InChI=1S/C12H20N2S2/c1-13-10(6-4-8-15-2)12-14-9-5-3-7-11(9)16-12/h10,13H,3-8H2,1-2H3. The van der Waals surface area contributed by atoms with Crippen LogP contribution < -0.4 is 5.32 Å². The monoisotopic (exact) mass is 256 g/mol. The van der Waals surface area contributed by atoms with Gasteiger partial charge < -0.3 is 5.32 Å². The molecule has 0 fully saturated rings. The molecule has 1 aliphatic carbocycles. The van der Waals surface area contributed by atoms with Gasteiger partial charge in [0.25, 0.3) is 0 Å². The van der Waals surface area contributed by atoms with Crippen molar-refractivity contribution in [3.05, 3.63) is 15.6 Å². The second-order valence-corrected chi connectivity index (χ2v) is 6.35. The summed E-state index contributed by atoms with van der Waals surface area (Å²) in [6.45, 7) is 0. The van der Waals surface area contributed by atoms with Crippen molar-refractivity contribution in [3.8, 4) is 0 Å². The first kappa shape index (κ1) is 12.4. The molecule has 0 spiro atoms. The average Bonchev–Trinajstić information content (AvgIpc) is 2.84. The molecule has 1 heterocycles. The Kier molecular flexibility index (Phi) is 4.67. The highest BCUT2D eigenvalue weighted by atomic mass is 32.2. The SMILES string of the molecule is CNC(CCCSC)c1nc2c(s1)CCC2. The maximum Gasteiger partial charge on any atom is 0.110 e. The number of hydrogen-bond acceptors (Lipinski definition) is 4. The molecule has 4 heteroatoms. The number of fused-ring (bicyclic) bond motifs is 1.